The zero-order chi connectivity index (χ0) is 15.0. The lowest BCUT2D eigenvalue weighted by molar-refractivity contribution is -0.137. The molecule has 1 heterocycles. The Balaban J connectivity index is 2.35. The second kappa shape index (κ2) is 5.24. The van der Waals surface area contributed by atoms with Gasteiger partial charge in [-0.3, -0.25) is 0 Å². The molecule has 0 fully saturated rings. The number of nitrogens with zero attached hydrogens (tertiary/aromatic N) is 1. The molecule has 2 nitrogen and oxygen atoms in total. The molecule has 0 amide bonds. The predicted octanol–water partition coefficient (Wildman–Crippen LogP) is 5.31. The maximum absolute atomic E-state index is 12.7. The highest BCUT2D eigenvalue weighted by molar-refractivity contribution is 7.22. The molecule has 2 aromatic rings. The van der Waals surface area contributed by atoms with E-state index in [1.54, 1.807) is 0 Å². The van der Waals surface area contributed by atoms with Crippen LogP contribution < -0.4 is 5.32 Å². The van der Waals surface area contributed by atoms with Crippen LogP contribution in [0, 0.1) is 0 Å². The van der Waals surface area contributed by atoms with Gasteiger partial charge in [0.15, 0.2) is 5.13 Å². The summed E-state index contributed by atoms with van der Waals surface area (Å²) in [5.41, 5.74) is -0.349. The van der Waals surface area contributed by atoms with Crippen LogP contribution in [0.3, 0.4) is 0 Å². The van der Waals surface area contributed by atoms with E-state index in [0.29, 0.717) is 10.6 Å². The van der Waals surface area contributed by atoms with Gasteiger partial charge in [0.05, 0.1) is 15.8 Å². The summed E-state index contributed by atoms with van der Waals surface area (Å²) in [5, 5.41) is 4.00. The Labute approximate surface area is 120 Å². The molecule has 0 unspecified atom stereocenters. The van der Waals surface area contributed by atoms with E-state index in [9.17, 15) is 13.2 Å². The number of benzene rings is 1. The maximum Gasteiger partial charge on any atom is 0.416 e. The fourth-order valence-electron chi connectivity index (χ4n) is 1.84. The van der Waals surface area contributed by atoms with E-state index in [2.05, 4.69) is 31.1 Å². The van der Waals surface area contributed by atoms with Crippen molar-refractivity contribution in [1.82, 2.24) is 4.98 Å². The van der Waals surface area contributed by atoms with E-state index in [1.165, 1.54) is 17.4 Å². The summed E-state index contributed by atoms with van der Waals surface area (Å²) in [5.74, 6) is 0. The van der Waals surface area contributed by atoms with Gasteiger partial charge in [-0.25, -0.2) is 4.98 Å². The van der Waals surface area contributed by atoms with Gasteiger partial charge in [-0.05, 0) is 38.0 Å². The Kier molecular flexibility index (Phi) is 3.95. The molecule has 1 aromatic carbocycles. The number of rotatable bonds is 4. The van der Waals surface area contributed by atoms with Crippen molar-refractivity contribution in [3.8, 4) is 0 Å². The van der Waals surface area contributed by atoms with Gasteiger partial charge in [-0.2, -0.15) is 13.2 Å². The molecule has 0 aliphatic heterocycles. The number of aromatic nitrogens is 1. The molecule has 6 heteroatoms. The third kappa shape index (κ3) is 3.06. The predicted molar refractivity (Wildman–Crippen MR) is 77.2 cm³/mol. The van der Waals surface area contributed by atoms with Crippen molar-refractivity contribution in [2.24, 2.45) is 0 Å². The minimum atomic E-state index is -4.33. The second-order valence-electron chi connectivity index (χ2n) is 5.09. The highest BCUT2D eigenvalue weighted by atomic mass is 32.1. The van der Waals surface area contributed by atoms with E-state index < -0.39 is 11.7 Å². The first-order valence-electron chi connectivity index (χ1n) is 6.53. The molecule has 0 saturated carbocycles. The maximum atomic E-state index is 12.7. The average Bonchev–Trinajstić information content (AvgIpc) is 2.78. The lowest BCUT2D eigenvalue weighted by Crippen LogP contribution is -2.32. The van der Waals surface area contributed by atoms with Crippen LogP contribution in [-0.2, 0) is 6.18 Å². The molecule has 0 radical (unpaired) electrons. The molecule has 0 aliphatic rings. The lowest BCUT2D eigenvalue weighted by atomic mass is 9.96. The number of anilines is 1. The quantitative estimate of drug-likeness (QED) is 0.828. The van der Waals surface area contributed by atoms with Crippen molar-refractivity contribution in [1.29, 1.82) is 0 Å². The van der Waals surface area contributed by atoms with Crippen molar-refractivity contribution in [3.63, 3.8) is 0 Å². The van der Waals surface area contributed by atoms with Gasteiger partial charge in [0.25, 0.3) is 0 Å². The third-order valence-electron chi connectivity index (χ3n) is 3.68. The molecule has 0 aliphatic carbocycles. The number of fused-ring (bicyclic) bond motifs is 1. The summed E-state index contributed by atoms with van der Waals surface area (Å²) in [4.78, 5) is 4.28. The van der Waals surface area contributed by atoms with E-state index in [4.69, 9.17) is 0 Å². The first kappa shape index (κ1) is 15.1. The Morgan fingerprint density at radius 1 is 1.20 bits per heavy atom. The number of halogens is 3. The van der Waals surface area contributed by atoms with E-state index in [1.807, 2.05) is 0 Å². The second-order valence-corrected chi connectivity index (χ2v) is 6.12. The van der Waals surface area contributed by atoms with Crippen LogP contribution in [0.2, 0.25) is 0 Å². The van der Waals surface area contributed by atoms with Crippen LogP contribution in [0.4, 0.5) is 18.3 Å². The minimum absolute atomic E-state index is 0.0826. The molecule has 1 aromatic heterocycles. The van der Waals surface area contributed by atoms with Crippen LogP contribution in [-0.4, -0.2) is 10.5 Å². The molecule has 2 rings (SSSR count). The molecular formula is C14H17F3N2S. The highest BCUT2D eigenvalue weighted by Crippen LogP contribution is 2.35. The molecule has 20 heavy (non-hydrogen) atoms. The van der Waals surface area contributed by atoms with Crippen LogP contribution in [0.1, 0.15) is 39.2 Å². The van der Waals surface area contributed by atoms with Crippen LogP contribution in [0.15, 0.2) is 18.2 Å². The van der Waals surface area contributed by atoms with Gasteiger partial charge < -0.3 is 5.32 Å². The summed E-state index contributed by atoms with van der Waals surface area (Å²) in [6.07, 6.45) is -2.48. The van der Waals surface area contributed by atoms with Crippen LogP contribution in [0.5, 0.6) is 0 Å². The van der Waals surface area contributed by atoms with Crippen molar-refractivity contribution in [2.75, 3.05) is 5.32 Å². The summed E-state index contributed by atoms with van der Waals surface area (Å²) >= 11 is 1.38. The Morgan fingerprint density at radius 3 is 2.40 bits per heavy atom. The Morgan fingerprint density at radius 2 is 1.85 bits per heavy atom. The molecule has 0 bridgehead atoms. The fraction of sp³-hybridized carbons (Fsp3) is 0.500. The SMILES string of the molecule is CCC(C)(CC)Nc1nc2cc(C(F)(F)F)ccc2s1. The van der Waals surface area contributed by atoms with Gasteiger partial charge in [0.2, 0.25) is 0 Å². The van der Waals surface area contributed by atoms with Crippen LogP contribution >= 0.6 is 11.3 Å². The van der Waals surface area contributed by atoms with Gasteiger partial charge in [-0.15, -0.1) is 0 Å². The van der Waals surface area contributed by atoms with E-state index >= 15 is 0 Å². The monoisotopic (exact) mass is 302 g/mol. The fourth-order valence-corrected chi connectivity index (χ4v) is 2.84. The van der Waals surface area contributed by atoms with Gasteiger partial charge >= 0.3 is 6.18 Å². The highest BCUT2D eigenvalue weighted by Gasteiger charge is 2.31. The molecule has 0 spiro atoms. The summed E-state index contributed by atoms with van der Waals surface area (Å²) < 4.78 is 38.7. The molecule has 0 saturated heterocycles. The van der Waals surface area contributed by atoms with E-state index in [0.717, 1.165) is 29.7 Å². The molecule has 1 N–H and O–H groups in total. The van der Waals surface area contributed by atoms with Crippen molar-refractivity contribution < 1.29 is 13.2 Å². The summed E-state index contributed by atoms with van der Waals surface area (Å²) in [6, 6.07) is 3.69. The molecule has 110 valence electrons. The smallest absolute Gasteiger partial charge is 0.356 e. The summed E-state index contributed by atoms with van der Waals surface area (Å²) in [6.45, 7) is 6.23. The molecular weight excluding hydrogens is 285 g/mol. The number of alkyl halides is 3. The topological polar surface area (TPSA) is 24.9 Å². The number of thiazole rings is 1. The minimum Gasteiger partial charge on any atom is -0.356 e. The van der Waals surface area contributed by atoms with Gasteiger partial charge in [0, 0.05) is 5.54 Å². The standard InChI is InChI=1S/C14H17F3N2S/c1-4-13(3,5-2)19-12-18-10-8-9(14(15,16)17)6-7-11(10)20-12/h6-8H,4-5H2,1-3H3,(H,18,19). The average molecular weight is 302 g/mol. The Hall–Kier alpha value is -1.30. The first-order valence-corrected chi connectivity index (χ1v) is 7.35. The summed E-state index contributed by atoms with van der Waals surface area (Å²) in [7, 11) is 0. The van der Waals surface area contributed by atoms with Crippen molar-refractivity contribution in [2.45, 2.75) is 45.3 Å². The Bertz CT molecular complexity index is 600. The lowest BCUT2D eigenvalue weighted by Gasteiger charge is -2.27. The number of nitrogens with one attached hydrogen (secondary N) is 1. The zero-order valence-electron chi connectivity index (χ0n) is 11.6. The third-order valence-corrected chi connectivity index (χ3v) is 4.64. The van der Waals surface area contributed by atoms with Gasteiger partial charge in [-0.1, -0.05) is 25.2 Å². The number of hydrogen-bond donors (Lipinski definition) is 1. The van der Waals surface area contributed by atoms with Crippen molar-refractivity contribution in [3.05, 3.63) is 23.8 Å². The molecule has 0 atom stereocenters. The normalized spacial score (nSPS) is 12.9. The van der Waals surface area contributed by atoms with Gasteiger partial charge in [0.1, 0.15) is 0 Å². The zero-order valence-corrected chi connectivity index (χ0v) is 12.5. The number of hydrogen-bond acceptors (Lipinski definition) is 3. The van der Waals surface area contributed by atoms with E-state index in [-0.39, 0.29) is 5.54 Å². The van der Waals surface area contributed by atoms with Crippen molar-refractivity contribution >= 4 is 26.7 Å². The largest absolute Gasteiger partial charge is 0.416 e. The first-order chi connectivity index (χ1) is 9.27. The van der Waals surface area contributed by atoms with Crippen LogP contribution in [0.25, 0.3) is 10.2 Å².